The van der Waals surface area contributed by atoms with Gasteiger partial charge in [-0.3, -0.25) is 9.69 Å². The molecule has 4 heteroatoms. The van der Waals surface area contributed by atoms with E-state index in [1.807, 2.05) is 11.9 Å². The monoisotopic (exact) mass is 199 g/mol. The van der Waals surface area contributed by atoms with E-state index in [4.69, 9.17) is 0 Å². The van der Waals surface area contributed by atoms with Gasteiger partial charge >= 0.3 is 0 Å². The molecule has 0 aromatic carbocycles. The molecule has 0 saturated carbocycles. The van der Waals surface area contributed by atoms with E-state index in [0.29, 0.717) is 12.6 Å². The van der Waals surface area contributed by atoms with Crippen molar-refractivity contribution in [1.82, 2.24) is 15.1 Å². The molecule has 4 nitrogen and oxygen atoms in total. The minimum absolute atomic E-state index is 0.253. The SMILES string of the molecule is CC(C)N(C)CC(=O)N1CCNCC1. The van der Waals surface area contributed by atoms with Crippen LogP contribution in [0, 0.1) is 0 Å². The molecule has 0 aromatic rings. The van der Waals surface area contributed by atoms with Crippen molar-refractivity contribution in [3.63, 3.8) is 0 Å². The predicted molar refractivity (Wildman–Crippen MR) is 57.2 cm³/mol. The Kier molecular flexibility index (Phi) is 4.35. The van der Waals surface area contributed by atoms with Gasteiger partial charge in [0.15, 0.2) is 0 Å². The van der Waals surface area contributed by atoms with Crippen molar-refractivity contribution in [2.45, 2.75) is 19.9 Å². The molecule has 0 aromatic heterocycles. The summed E-state index contributed by atoms with van der Waals surface area (Å²) in [6.07, 6.45) is 0. The summed E-state index contributed by atoms with van der Waals surface area (Å²) in [6.45, 7) is 8.30. The molecule has 1 aliphatic heterocycles. The molecule has 1 heterocycles. The number of hydrogen-bond acceptors (Lipinski definition) is 3. The van der Waals surface area contributed by atoms with Crippen LogP contribution in [-0.2, 0) is 4.79 Å². The van der Waals surface area contributed by atoms with Crippen LogP contribution in [0.4, 0.5) is 0 Å². The van der Waals surface area contributed by atoms with Crippen LogP contribution in [0.1, 0.15) is 13.8 Å². The number of nitrogens with zero attached hydrogens (tertiary/aromatic N) is 2. The molecule has 0 bridgehead atoms. The highest BCUT2D eigenvalue weighted by atomic mass is 16.2. The van der Waals surface area contributed by atoms with Gasteiger partial charge in [0.05, 0.1) is 6.54 Å². The Morgan fingerprint density at radius 3 is 2.50 bits per heavy atom. The van der Waals surface area contributed by atoms with Gasteiger partial charge in [-0.05, 0) is 20.9 Å². The molecule has 0 aliphatic carbocycles. The maximum Gasteiger partial charge on any atom is 0.236 e. The smallest absolute Gasteiger partial charge is 0.236 e. The highest BCUT2D eigenvalue weighted by Gasteiger charge is 2.18. The van der Waals surface area contributed by atoms with Crippen LogP contribution < -0.4 is 5.32 Å². The molecule has 14 heavy (non-hydrogen) atoms. The van der Waals surface area contributed by atoms with E-state index < -0.39 is 0 Å². The second kappa shape index (κ2) is 5.32. The fourth-order valence-corrected chi connectivity index (χ4v) is 1.41. The van der Waals surface area contributed by atoms with Gasteiger partial charge in [-0.25, -0.2) is 0 Å². The minimum Gasteiger partial charge on any atom is -0.339 e. The van der Waals surface area contributed by atoms with Crippen LogP contribution in [0.25, 0.3) is 0 Å². The van der Waals surface area contributed by atoms with Gasteiger partial charge in [0.2, 0.25) is 5.91 Å². The van der Waals surface area contributed by atoms with Gasteiger partial charge in [-0.1, -0.05) is 0 Å². The van der Waals surface area contributed by atoms with E-state index >= 15 is 0 Å². The van der Waals surface area contributed by atoms with Crippen molar-refractivity contribution in [2.75, 3.05) is 39.8 Å². The number of piperazine rings is 1. The van der Waals surface area contributed by atoms with E-state index in [9.17, 15) is 4.79 Å². The van der Waals surface area contributed by atoms with Crippen LogP contribution in [0.5, 0.6) is 0 Å². The first kappa shape index (κ1) is 11.5. The standard InChI is InChI=1S/C10H21N3O/c1-9(2)12(3)8-10(14)13-6-4-11-5-7-13/h9,11H,4-8H2,1-3H3. The van der Waals surface area contributed by atoms with Crippen molar-refractivity contribution in [2.24, 2.45) is 0 Å². The highest BCUT2D eigenvalue weighted by Crippen LogP contribution is 1.98. The Balaban J connectivity index is 2.33. The molecule has 1 amide bonds. The summed E-state index contributed by atoms with van der Waals surface area (Å²) >= 11 is 0. The normalized spacial score (nSPS) is 17.9. The molecule has 1 rings (SSSR count). The fourth-order valence-electron chi connectivity index (χ4n) is 1.41. The summed E-state index contributed by atoms with van der Waals surface area (Å²) in [5.74, 6) is 0.253. The Bertz CT molecular complexity index is 188. The number of hydrogen-bond donors (Lipinski definition) is 1. The first-order chi connectivity index (χ1) is 6.61. The number of likely N-dealkylation sites (N-methyl/N-ethyl adjacent to an activating group) is 1. The Morgan fingerprint density at radius 2 is 2.00 bits per heavy atom. The maximum absolute atomic E-state index is 11.8. The topological polar surface area (TPSA) is 35.6 Å². The van der Waals surface area contributed by atoms with Crippen molar-refractivity contribution >= 4 is 5.91 Å². The fraction of sp³-hybridized carbons (Fsp3) is 0.900. The molecule has 0 spiro atoms. The molecule has 82 valence electrons. The average molecular weight is 199 g/mol. The number of amides is 1. The molecular weight excluding hydrogens is 178 g/mol. The molecule has 0 unspecified atom stereocenters. The minimum atomic E-state index is 0.253. The van der Waals surface area contributed by atoms with Gasteiger partial charge in [0.25, 0.3) is 0 Å². The van der Waals surface area contributed by atoms with Crippen molar-refractivity contribution in [1.29, 1.82) is 0 Å². The van der Waals surface area contributed by atoms with Gasteiger partial charge in [-0.2, -0.15) is 0 Å². The van der Waals surface area contributed by atoms with Crippen LogP contribution in [0.15, 0.2) is 0 Å². The third-order valence-electron chi connectivity index (χ3n) is 2.74. The molecular formula is C10H21N3O. The summed E-state index contributed by atoms with van der Waals surface area (Å²) in [4.78, 5) is 15.8. The summed E-state index contributed by atoms with van der Waals surface area (Å²) in [6, 6.07) is 0.432. The number of nitrogens with one attached hydrogen (secondary N) is 1. The van der Waals surface area contributed by atoms with Crippen molar-refractivity contribution < 1.29 is 4.79 Å². The summed E-state index contributed by atoms with van der Waals surface area (Å²) in [5, 5.41) is 3.24. The first-order valence-electron chi connectivity index (χ1n) is 5.30. The largest absolute Gasteiger partial charge is 0.339 e. The first-order valence-corrected chi connectivity index (χ1v) is 5.30. The van der Waals surface area contributed by atoms with Crippen LogP contribution in [0.3, 0.4) is 0 Å². The van der Waals surface area contributed by atoms with E-state index in [1.54, 1.807) is 0 Å². The lowest BCUT2D eigenvalue weighted by Crippen LogP contribution is -2.49. The molecule has 1 saturated heterocycles. The third-order valence-corrected chi connectivity index (χ3v) is 2.74. The third kappa shape index (κ3) is 3.27. The van der Waals surface area contributed by atoms with Crippen LogP contribution in [-0.4, -0.2) is 61.5 Å². The van der Waals surface area contributed by atoms with E-state index in [2.05, 4.69) is 24.1 Å². The zero-order valence-electron chi connectivity index (χ0n) is 9.42. The Hall–Kier alpha value is -0.610. The van der Waals surface area contributed by atoms with Gasteiger partial charge in [0.1, 0.15) is 0 Å². The second-order valence-corrected chi connectivity index (χ2v) is 4.14. The lowest BCUT2D eigenvalue weighted by atomic mass is 10.3. The van der Waals surface area contributed by atoms with Crippen LogP contribution in [0.2, 0.25) is 0 Å². The quantitative estimate of drug-likeness (QED) is 0.681. The number of carbonyl (C=O) groups is 1. The zero-order valence-corrected chi connectivity index (χ0v) is 9.42. The van der Waals surface area contributed by atoms with E-state index in [-0.39, 0.29) is 5.91 Å². The molecule has 1 fully saturated rings. The molecule has 0 radical (unpaired) electrons. The van der Waals surface area contributed by atoms with E-state index in [0.717, 1.165) is 26.2 Å². The molecule has 1 N–H and O–H groups in total. The summed E-state index contributed by atoms with van der Waals surface area (Å²) in [5.41, 5.74) is 0. The highest BCUT2D eigenvalue weighted by molar-refractivity contribution is 5.78. The van der Waals surface area contributed by atoms with Crippen molar-refractivity contribution in [3.8, 4) is 0 Å². The maximum atomic E-state index is 11.8. The van der Waals surface area contributed by atoms with Gasteiger partial charge in [-0.15, -0.1) is 0 Å². The number of carbonyl (C=O) groups excluding carboxylic acids is 1. The molecule has 0 atom stereocenters. The number of rotatable bonds is 3. The predicted octanol–water partition coefficient (Wildman–Crippen LogP) is -0.242. The van der Waals surface area contributed by atoms with Crippen molar-refractivity contribution in [3.05, 3.63) is 0 Å². The van der Waals surface area contributed by atoms with Crippen LogP contribution >= 0.6 is 0 Å². The van der Waals surface area contributed by atoms with E-state index in [1.165, 1.54) is 0 Å². The van der Waals surface area contributed by atoms with Gasteiger partial charge < -0.3 is 10.2 Å². The Labute approximate surface area is 86.2 Å². The second-order valence-electron chi connectivity index (χ2n) is 4.14. The lowest BCUT2D eigenvalue weighted by Gasteiger charge is -2.30. The zero-order chi connectivity index (χ0) is 10.6. The summed E-state index contributed by atoms with van der Waals surface area (Å²) < 4.78 is 0. The van der Waals surface area contributed by atoms with Gasteiger partial charge in [0, 0.05) is 32.2 Å². The molecule has 1 aliphatic rings. The average Bonchev–Trinajstić information content (AvgIpc) is 2.19. The summed E-state index contributed by atoms with van der Waals surface area (Å²) in [7, 11) is 1.99. The lowest BCUT2D eigenvalue weighted by molar-refractivity contribution is -0.133. The Morgan fingerprint density at radius 1 is 1.43 bits per heavy atom.